The molecule has 1 aliphatic heterocycles. The first-order chi connectivity index (χ1) is 14.7. The van der Waals surface area contributed by atoms with Gasteiger partial charge < -0.3 is 10.5 Å². The lowest BCUT2D eigenvalue weighted by molar-refractivity contribution is 0.285. The van der Waals surface area contributed by atoms with Crippen LogP contribution in [-0.2, 0) is 19.4 Å². The van der Waals surface area contributed by atoms with E-state index in [0.29, 0.717) is 30.8 Å². The van der Waals surface area contributed by atoms with Crippen LogP contribution in [0.25, 0.3) is 5.57 Å². The second-order valence-electron chi connectivity index (χ2n) is 7.98. The van der Waals surface area contributed by atoms with E-state index in [2.05, 4.69) is 45.0 Å². The third-order valence-electron chi connectivity index (χ3n) is 5.74. The normalized spacial score (nSPS) is 16.0. The average Bonchev–Trinajstić information content (AvgIpc) is 3.38. The van der Waals surface area contributed by atoms with Crippen molar-refractivity contribution in [3.63, 3.8) is 0 Å². The highest BCUT2D eigenvalue weighted by atomic mass is 16.5. The van der Waals surface area contributed by atoms with Gasteiger partial charge >= 0.3 is 6.01 Å². The van der Waals surface area contributed by atoms with E-state index in [1.54, 1.807) is 0 Å². The molecule has 2 aromatic rings. The summed E-state index contributed by atoms with van der Waals surface area (Å²) in [4.78, 5) is 16.0. The molecule has 2 aromatic heterocycles. The Hall–Kier alpha value is -2.98. The first-order valence-electron chi connectivity index (χ1n) is 10.8. The van der Waals surface area contributed by atoms with Gasteiger partial charge in [-0.15, -0.1) is 0 Å². The largest absolute Gasteiger partial charge is 0.463 e. The SMILES string of the molecule is CCCCOc1nc(N)c2c(n1)C(Cc1ccc(CN3CCCC3)nc1)=C(C#N)C2. The number of nitrogens with zero attached hydrogens (tertiary/aromatic N) is 5. The van der Waals surface area contributed by atoms with Gasteiger partial charge in [0.2, 0.25) is 0 Å². The first kappa shape index (κ1) is 20.3. The van der Waals surface area contributed by atoms with Gasteiger partial charge in [0.05, 0.1) is 24.1 Å². The molecule has 2 aliphatic rings. The van der Waals surface area contributed by atoms with Crippen LogP contribution >= 0.6 is 0 Å². The summed E-state index contributed by atoms with van der Waals surface area (Å²) >= 11 is 0. The molecule has 0 atom stereocenters. The standard InChI is InChI=1S/C23H28N6O/c1-2-3-10-30-23-27-21-19(17(13-24)12-20(21)22(25)28-23)11-16-6-7-18(26-14-16)15-29-8-4-5-9-29/h6-7,14H,2-5,8-12,15H2,1H3,(H2,25,27,28). The number of allylic oxidation sites excluding steroid dienone is 2. The lowest BCUT2D eigenvalue weighted by atomic mass is 10.0. The van der Waals surface area contributed by atoms with Crippen molar-refractivity contribution in [2.24, 2.45) is 0 Å². The summed E-state index contributed by atoms with van der Waals surface area (Å²) in [5.74, 6) is 0.397. The summed E-state index contributed by atoms with van der Waals surface area (Å²) in [6.45, 7) is 5.87. The van der Waals surface area contributed by atoms with Crippen molar-refractivity contribution in [3.8, 4) is 12.1 Å². The summed E-state index contributed by atoms with van der Waals surface area (Å²) in [6.07, 6.45) is 7.50. The number of ether oxygens (including phenoxy) is 1. The highest BCUT2D eigenvalue weighted by Gasteiger charge is 2.27. The molecule has 156 valence electrons. The number of anilines is 1. The fraction of sp³-hybridized carbons (Fsp3) is 0.478. The molecule has 0 saturated carbocycles. The van der Waals surface area contributed by atoms with E-state index in [1.165, 1.54) is 12.8 Å². The van der Waals surface area contributed by atoms with Crippen LogP contribution in [0.4, 0.5) is 5.82 Å². The third kappa shape index (κ3) is 4.44. The zero-order chi connectivity index (χ0) is 20.9. The Balaban J connectivity index is 1.53. The van der Waals surface area contributed by atoms with E-state index in [-0.39, 0.29) is 6.01 Å². The van der Waals surface area contributed by atoms with E-state index >= 15 is 0 Å². The maximum atomic E-state index is 9.67. The minimum Gasteiger partial charge on any atom is -0.463 e. The van der Waals surface area contributed by atoms with Crippen molar-refractivity contribution in [3.05, 3.63) is 46.4 Å². The predicted octanol–water partition coefficient (Wildman–Crippen LogP) is 3.30. The van der Waals surface area contributed by atoms with Crippen LogP contribution in [0.1, 0.15) is 55.1 Å². The maximum Gasteiger partial charge on any atom is 0.318 e. The highest BCUT2D eigenvalue weighted by Crippen LogP contribution is 2.37. The van der Waals surface area contributed by atoms with E-state index in [1.807, 2.05) is 6.20 Å². The van der Waals surface area contributed by atoms with Crippen molar-refractivity contribution < 1.29 is 4.74 Å². The smallest absolute Gasteiger partial charge is 0.318 e. The number of rotatable bonds is 8. The number of unbranched alkanes of at least 4 members (excludes halogenated alkanes) is 1. The number of likely N-dealkylation sites (tertiary alicyclic amines) is 1. The third-order valence-corrected chi connectivity index (χ3v) is 5.74. The Morgan fingerprint density at radius 3 is 2.77 bits per heavy atom. The molecule has 30 heavy (non-hydrogen) atoms. The second kappa shape index (κ2) is 9.23. The summed E-state index contributed by atoms with van der Waals surface area (Å²) in [6, 6.07) is 6.80. The molecule has 1 aliphatic carbocycles. The van der Waals surface area contributed by atoms with Crippen molar-refractivity contribution in [2.45, 2.75) is 52.0 Å². The van der Waals surface area contributed by atoms with Crippen LogP contribution in [0, 0.1) is 11.3 Å². The number of nitrogen functional groups attached to an aromatic ring is 1. The Bertz CT molecular complexity index is 970. The number of aromatic nitrogens is 3. The molecular weight excluding hydrogens is 376 g/mol. The number of nitriles is 1. The monoisotopic (exact) mass is 404 g/mol. The van der Waals surface area contributed by atoms with E-state index < -0.39 is 0 Å². The van der Waals surface area contributed by atoms with E-state index in [0.717, 1.165) is 60.6 Å². The van der Waals surface area contributed by atoms with Crippen molar-refractivity contribution in [2.75, 3.05) is 25.4 Å². The van der Waals surface area contributed by atoms with Crippen LogP contribution in [0.5, 0.6) is 6.01 Å². The summed E-state index contributed by atoms with van der Waals surface area (Å²) in [5.41, 5.74) is 11.5. The summed E-state index contributed by atoms with van der Waals surface area (Å²) in [5, 5.41) is 9.67. The molecule has 7 heteroatoms. The molecule has 0 radical (unpaired) electrons. The van der Waals surface area contributed by atoms with Gasteiger partial charge in [-0.2, -0.15) is 15.2 Å². The lowest BCUT2D eigenvalue weighted by Gasteiger charge is -2.14. The van der Waals surface area contributed by atoms with Gasteiger partial charge in [0.25, 0.3) is 0 Å². The maximum absolute atomic E-state index is 9.67. The van der Waals surface area contributed by atoms with Gasteiger partial charge in [-0.3, -0.25) is 9.88 Å². The second-order valence-corrected chi connectivity index (χ2v) is 7.98. The molecule has 0 unspecified atom stereocenters. The van der Waals surface area contributed by atoms with Gasteiger partial charge in [-0.1, -0.05) is 19.4 Å². The molecule has 1 fully saturated rings. The van der Waals surface area contributed by atoms with E-state index in [9.17, 15) is 5.26 Å². The highest BCUT2D eigenvalue weighted by molar-refractivity contribution is 5.81. The van der Waals surface area contributed by atoms with Crippen molar-refractivity contribution >= 4 is 11.4 Å². The number of pyridine rings is 1. The van der Waals surface area contributed by atoms with E-state index in [4.69, 9.17) is 10.5 Å². The van der Waals surface area contributed by atoms with Gasteiger partial charge in [-0.25, -0.2) is 0 Å². The van der Waals surface area contributed by atoms with Crippen molar-refractivity contribution in [1.82, 2.24) is 19.9 Å². The molecule has 0 spiro atoms. The molecule has 1 saturated heterocycles. The molecule has 0 bridgehead atoms. The number of nitrogens with two attached hydrogens (primary N) is 1. The first-order valence-corrected chi connectivity index (χ1v) is 10.8. The fourth-order valence-electron chi connectivity index (χ4n) is 4.03. The predicted molar refractivity (Wildman–Crippen MR) is 116 cm³/mol. The minimum absolute atomic E-state index is 0.287. The zero-order valence-corrected chi connectivity index (χ0v) is 17.5. The molecule has 3 heterocycles. The molecule has 7 nitrogen and oxygen atoms in total. The van der Waals surface area contributed by atoms with Gasteiger partial charge in [-0.05, 0) is 49.6 Å². The number of hydrogen-bond donors (Lipinski definition) is 1. The Labute approximate surface area is 177 Å². The number of hydrogen-bond acceptors (Lipinski definition) is 7. The molecule has 4 rings (SSSR count). The van der Waals surface area contributed by atoms with Crippen LogP contribution in [0.15, 0.2) is 23.9 Å². The Morgan fingerprint density at radius 2 is 2.07 bits per heavy atom. The molecule has 2 N–H and O–H groups in total. The summed E-state index contributed by atoms with van der Waals surface area (Å²) < 4.78 is 5.67. The molecule has 0 amide bonds. The zero-order valence-electron chi connectivity index (χ0n) is 17.5. The van der Waals surface area contributed by atoms with Crippen LogP contribution < -0.4 is 10.5 Å². The molecular formula is C23H28N6O. The topological polar surface area (TPSA) is 101 Å². The average molecular weight is 405 g/mol. The van der Waals surface area contributed by atoms with Crippen LogP contribution in [-0.4, -0.2) is 39.5 Å². The van der Waals surface area contributed by atoms with Crippen molar-refractivity contribution in [1.29, 1.82) is 5.26 Å². The number of fused-ring (bicyclic) bond motifs is 1. The lowest BCUT2D eigenvalue weighted by Crippen LogP contribution is -2.19. The van der Waals surface area contributed by atoms with Crippen LogP contribution in [0.3, 0.4) is 0 Å². The molecule has 0 aromatic carbocycles. The van der Waals surface area contributed by atoms with Gasteiger partial charge in [0, 0.05) is 36.7 Å². The van der Waals surface area contributed by atoms with Gasteiger partial charge in [0.1, 0.15) is 5.82 Å². The minimum atomic E-state index is 0.287. The van der Waals surface area contributed by atoms with Gasteiger partial charge in [0.15, 0.2) is 0 Å². The fourth-order valence-corrected chi connectivity index (χ4v) is 4.03. The Kier molecular flexibility index (Phi) is 6.24. The summed E-state index contributed by atoms with van der Waals surface area (Å²) in [7, 11) is 0. The quantitative estimate of drug-likeness (QED) is 0.674. The Morgan fingerprint density at radius 1 is 1.23 bits per heavy atom. The van der Waals surface area contributed by atoms with Crippen LogP contribution in [0.2, 0.25) is 0 Å².